The van der Waals surface area contributed by atoms with E-state index in [0.29, 0.717) is 0 Å². The first-order valence-electron chi connectivity index (χ1n) is 7.60. The number of amides is 1. The Morgan fingerprint density at radius 2 is 1.59 bits per heavy atom. The van der Waals surface area contributed by atoms with E-state index in [1.165, 1.54) is 0 Å². The third kappa shape index (κ3) is 2.91. The van der Waals surface area contributed by atoms with Gasteiger partial charge in [0.1, 0.15) is 0 Å². The molecule has 0 radical (unpaired) electrons. The van der Waals surface area contributed by atoms with E-state index in [4.69, 9.17) is 5.73 Å². The molecule has 0 bridgehead atoms. The van der Waals surface area contributed by atoms with Gasteiger partial charge >= 0.3 is 0 Å². The van der Waals surface area contributed by atoms with Crippen molar-refractivity contribution in [2.75, 3.05) is 36.8 Å². The van der Waals surface area contributed by atoms with E-state index in [1.54, 1.807) is 0 Å². The second-order valence-corrected chi connectivity index (χ2v) is 5.69. The minimum absolute atomic E-state index is 0.134. The molecule has 1 amide bonds. The molecule has 1 heterocycles. The molecule has 0 unspecified atom stereocenters. The molecular formula is C18H21N3O. The lowest BCUT2D eigenvalue weighted by atomic mass is 10.1. The molecule has 4 nitrogen and oxygen atoms in total. The Morgan fingerprint density at radius 1 is 0.955 bits per heavy atom. The van der Waals surface area contributed by atoms with Crippen LogP contribution in [0.1, 0.15) is 15.9 Å². The van der Waals surface area contributed by atoms with Crippen LogP contribution in [0.2, 0.25) is 0 Å². The van der Waals surface area contributed by atoms with Crippen LogP contribution in [0.3, 0.4) is 0 Å². The van der Waals surface area contributed by atoms with E-state index in [-0.39, 0.29) is 5.91 Å². The molecular weight excluding hydrogens is 274 g/mol. The molecule has 1 fully saturated rings. The van der Waals surface area contributed by atoms with E-state index in [0.717, 1.165) is 48.7 Å². The summed E-state index contributed by atoms with van der Waals surface area (Å²) < 4.78 is 0. The zero-order valence-corrected chi connectivity index (χ0v) is 12.8. The average molecular weight is 295 g/mol. The molecule has 1 aliphatic heterocycles. The van der Waals surface area contributed by atoms with Crippen molar-refractivity contribution in [1.82, 2.24) is 4.90 Å². The topological polar surface area (TPSA) is 49.6 Å². The van der Waals surface area contributed by atoms with Crippen LogP contribution in [0.25, 0.3) is 0 Å². The number of nitrogens with zero attached hydrogens (tertiary/aromatic N) is 2. The molecule has 0 spiro atoms. The van der Waals surface area contributed by atoms with Crippen LogP contribution in [-0.2, 0) is 0 Å². The first-order valence-corrected chi connectivity index (χ1v) is 7.60. The van der Waals surface area contributed by atoms with E-state index in [9.17, 15) is 4.79 Å². The van der Waals surface area contributed by atoms with Crippen LogP contribution in [0.4, 0.5) is 11.4 Å². The zero-order chi connectivity index (χ0) is 15.5. The number of hydrogen-bond acceptors (Lipinski definition) is 3. The van der Waals surface area contributed by atoms with Gasteiger partial charge in [0.15, 0.2) is 0 Å². The predicted molar refractivity (Wildman–Crippen MR) is 90.1 cm³/mol. The van der Waals surface area contributed by atoms with Crippen LogP contribution in [-0.4, -0.2) is 37.0 Å². The van der Waals surface area contributed by atoms with Gasteiger partial charge in [0, 0.05) is 43.1 Å². The molecule has 2 aromatic carbocycles. The molecule has 4 heteroatoms. The first-order chi connectivity index (χ1) is 10.6. The number of nitrogen functional groups attached to an aromatic ring is 1. The van der Waals surface area contributed by atoms with Crippen molar-refractivity contribution in [3.8, 4) is 0 Å². The second kappa shape index (κ2) is 6.10. The number of carbonyl (C=O) groups excluding carboxylic acids is 1. The second-order valence-electron chi connectivity index (χ2n) is 5.69. The summed E-state index contributed by atoms with van der Waals surface area (Å²) in [4.78, 5) is 16.8. The molecule has 1 saturated heterocycles. The van der Waals surface area contributed by atoms with Crippen LogP contribution >= 0.6 is 0 Å². The maximum absolute atomic E-state index is 12.6. The predicted octanol–water partition coefficient (Wildman–Crippen LogP) is 2.54. The molecule has 2 N–H and O–H groups in total. The third-order valence-corrected chi connectivity index (χ3v) is 4.20. The molecule has 0 aromatic heterocycles. The van der Waals surface area contributed by atoms with Gasteiger partial charge in [0.2, 0.25) is 0 Å². The van der Waals surface area contributed by atoms with Crippen LogP contribution in [0.15, 0.2) is 48.5 Å². The Kier molecular flexibility index (Phi) is 4.00. The number of benzene rings is 2. The van der Waals surface area contributed by atoms with Gasteiger partial charge in [-0.25, -0.2) is 0 Å². The van der Waals surface area contributed by atoms with Crippen molar-refractivity contribution < 1.29 is 4.79 Å². The summed E-state index contributed by atoms with van der Waals surface area (Å²) in [7, 11) is 0. The Labute approximate surface area is 131 Å². The smallest absolute Gasteiger partial charge is 0.254 e. The quantitative estimate of drug-likeness (QED) is 0.866. The van der Waals surface area contributed by atoms with Crippen LogP contribution < -0.4 is 10.6 Å². The Morgan fingerprint density at radius 3 is 2.23 bits per heavy atom. The molecule has 1 aliphatic rings. The normalized spacial score (nSPS) is 15.0. The molecule has 22 heavy (non-hydrogen) atoms. The number of anilines is 2. The number of rotatable bonds is 2. The highest BCUT2D eigenvalue weighted by Crippen LogP contribution is 2.19. The van der Waals surface area contributed by atoms with Gasteiger partial charge in [0.25, 0.3) is 5.91 Å². The lowest BCUT2D eigenvalue weighted by Gasteiger charge is -2.36. The highest BCUT2D eigenvalue weighted by atomic mass is 16.2. The number of carbonyl (C=O) groups is 1. The van der Waals surface area contributed by atoms with Gasteiger partial charge in [-0.3, -0.25) is 4.79 Å². The van der Waals surface area contributed by atoms with Gasteiger partial charge in [0.05, 0.1) is 0 Å². The van der Waals surface area contributed by atoms with Gasteiger partial charge in [-0.15, -0.1) is 0 Å². The van der Waals surface area contributed by atoms with E-state index in [1.807, 2.05) is 60.4 Å². The van der Waals surface area contributed by atoms with Crippen LogP contribution in [0, 0.1) is 6.92 Å². The monoisotopic (exact) mass is 295 g/mol. The number of aryl methyl sites for hydroxylation is 1. The number of nitrogens with two attached hydrogens (primary N) is 1. The fourth-order valence-electron chi connectivity index (χ4n) is 2.84. The molecule has 0 atom stereocenters. The summed E-state index contributed by atoms with van der Waals surface area (Å²) >= 11 is 0. The van der Waals surface area contributed by atoms with Crippen LogP contribution in [0.5, 0.6) is 0 Å². The highest BCUT2D eigenvalue weighted by molar-refractivity contribution is 5.95. The maximum Gasteiger partial charge on any atom is 0.254 e. The Hall–Kier alpha value is -2.49. The largest absolute Gasteiger partial charge is 0.399 e. The third-order valence-electron chi connectivity index (χ3n) is 4.20. The highest BCUT2D eigenvalue weighted by Gasteiger charge is 2.22. The van der Waals surface area contributed by atoms with Crippen molar-refractivity contribution in [2.24, 2.45) is 0 Å². The zero-order valence-electron chi connectivity index (χ0n) is 12.8. The van der Waals surface area contributed by atoms with E-state index in [2.05, 4.69) is 4.90 Å². The summed E-state index contributed by atoms with van der Waals surface area (Å²) in [5.41, 5.74) is 9.51. The fourth-order valence-corrected chi connectivity index (χ4v) is 2.84. The molecule has 2 aromatic rings. The summed E-state index contributed by atoms with van der Waals surface area (Å²) in [5.74, 6) is 0.134. The van der Waals surface area contributed by atoms with Gasteiger partial charge in [-0.1, -0.05) is 18.2 Å². The van der Waals surface area contributed by atoms with Gasteiger partial charge in [-0.2, -0.15) is 0 Å². The van der Waals surface area contributed by atoms with E-state index < -0.39 is 0 Å². The summed E-state index contributed by atoms with van der Waals surface area (Å²) in [6.07, 6.45) is 0. The average Bonchev–Trinajstić information content (AvgIpc) is 2.56. The van der Waals surface area contributed by atoms with E-state index >= 15 is 0 Å². The molecule has 114 valence electrons. The van der Waals surface area contributed by atoms with Crippen molar-refractivity contribution >= 4 is 17.3 Å². The first kappa shape index (κ1) is 14.4. The van der Waals surface area contributed by atoms with Gasteiger partial charge < -0.3 is 15.5 Å². The Bertz CT molecular complexity index is 658. The maximum atomic E-state index is 12.6. The van der Waals surface area contributed by atoms with Gasteiger partial charge in [-0.05, 0) is 42.8 Å². The minimum Gasteiger partial charge on any atom is -0.399 e. The van der Waals surface area contributed by atoms with Crippen molar-refractivity contribution in [1.29, 1.82) is 0 Å². The summed E-state index contributed by atoms with van der Waals surface area (Å²) in [6, 6.07) is 15.7. The standard InChI is InChI=1S/C18H21N3O/c1-14-4-2-3-5-17(14)18(22)21-12-10-20(11-13-21)16-8-6-15(19)7-9-16/h2-9H,10-13,19H2,1H3. The Balaban J connectivity index is 1.65. The minimum atomic E-state index is 0.134. The molecule has 3 rings (SSSR count). The number of hydrogen-bond donors (Lipinski definition) is 1. The molecule has 0 saturated carbocycles. The lowest BCUT2D eigenvalue weighted by molar-refractivity contribution is 0.0746. The SMILES string of the molecule is Cc1ccccc1C(=O)N1CCN(c2ccc(N)cc2)CC1. The fraction of sp³-hybridized carbons (Fsp3) is 0.278. The van der Waals surface area contributed by atoms with Crippen molar-refractivity contribution in [2.45, 2.75) is 6.92 Å². The summed E-state index contributed by atoms with van der Waals surface area (Å²) in [5, 5.41) is 0. The summed E-state index contributed by atoms with van der Waals surface area (Å²) in [6.45, 7) is 5.18. The number of piperazine rings is 1. The molecule has 0 aliphatic carbocycles. The van der Waals surface area contributed by atoms with Crippen molar-refractivity contribution in [3.05, 3.63) is 59.7 Å². The van der Waals surface area contributed by atoms with Crippen molar-refractivity contribution in [3.63, 3.8) is 0 Å². The lowest BCUT2D eigenvalue weighted by Crippen LogP contribution is -2.48.